The first-order valence-corrected chi connectivity index (χ1v) is 6.40. The number of para-hydroxylation sites is 1. The van der Waals surface area contributed by atoms with Crippen molar-refractivity contribution >= 4 is 21.6 Å². The van der Waals surface area contributed by atoms with Gasteiger partial charge in [0.25, 0.3) is 0 Å². The first-order valence-electron chi connectivity index (χ1n) is 5.61. The second-order valence-electron chi connectivity index (χ2n) is 3.70. The summed E-state index contributed by atoms with van der Waals surface area (Å²) in [6, 6.07) is 15.1. The van der Waals surface area contributed by atoms with Gasteiger partial charge in [-0.3, -0.25) is 0 Å². The molecule has 4 heteroatoms. The topological polar surface area (TPSA) is 44.5 Å². The molecule has 0 saturated heterocycles. The van der Waals surface area contributed by atoms with E-state index in [2.05, 4.69) is 15.9 Å². The first-order chi connectivity index (χ1) is 8.75. The SMILES string of the molecule is Nc1ccc(Br)c(OCCOc2ccccc2)c1. The van der Waals surface area contributed by atoms with Crippen LogP contribution in [-0.4, -0.2) is 13.2 Å². The Morgan fingerprint density at radius 2 is 1.67 bits per heavy atom. The molecule has 0 amide bonds. The molecule has 0 aliphatic rings. The average molecular weight is 308 g/mol. The van der Waals surface area contributed by atoms with Crippen LogP contribution in [-0.2, 0) is 0 Å². The zero-order chi connectivity index (χ0) is 12.8. The third-order valence-corrected chi connectivity index (χ3v) is 2.96. The van der Waals surface area contributed by atoms with E-state index in [-0.39, 0.29) is 0 Å². The Balaban J connectivity index is 1.80. The van der Waals surface area contributed by atoms with E-state index >= 15 is 0 Å². The van der Waals surface area contributed by atoms with Crippen LogP contribution in [0.4, 0.5) is 5.69 Å². The van der Waals surface area contributed by atoms with Crippen molar-refractivity contribution in [2.45, 2.75) is 0 Å². The van der Waals surface area contributed by atoms with Crippen molar-refractivity contribution in [3.63, 3.8) is 0 Å². The predicted molar refractivity (Wildman–Crippen MR) is 76.0 cm³/mol. The van der Waals surface area contributed by atoms with Gasteiger partial charge in [-0.1, -0.05) is 18.2 Å². The van der Waals surface area contributed by atoms with E-state index in [1.54, 1.807) is 6.07 Å². The maximum atomic E-state index is 5.69. The zero-order valence-electron chi connectivity index (χ0n) is 9.80. The van der Waals surface area contributed by atoms with Crippen LogP contribution >= 0.6 is 15.9 Å². The molecule has 0 atom stereocenters. The van der Waals surface area contributed by atoms with Crippen LogP contribution in [0, 0.1) is 0 Å². The fourth-order valence-electron chi connectivity index (χ4n) is 1.46. The number of nitrogens with two attached hydrogens (primary N) is 1. The number of halogens is 1. The molecule has 0 aliphatic carbocycles. The van der Waals surface area contributed by atoms with Crippen LogP contribution in [0.5, 0.6) is 11.5 Å². The van der Waals surface area contributed by atoms with Crippen LogP contribution < -0.4 is 15.2 Å². The lowest BCUT2D eigenvalue weighted by molar-refractivity contribution is 0.216. The van der Waals surface area contributed by atoms with Crippen molar-refractivity contribution in [3.8, 4) is 11.5 Å². The zero-order valence-corrected chi connectivity index (χ0v) is 11.4. The van der Waals surface area contributed by atoms with Gasteiger partial charge in [0.1, 0.15) is 24.7 Å². The monoisotopic (exact) mass is 307 g/mol. The molecule has 18 heavy (non-hydrogen) atoms. The van der Waals surface area contributed by atoms with Crippen LogP contribution in [0.15, 0.2) is 53.0 Å². The summed E-state index contributed by atoms with van der Waals surface area (Å²) in [5, 5.41) is 0. The van der Waals surface area contributed by atoms with E-state index in [0.29, 0.717) is 18.9 Å². The molecule has 2 aromatic carbocycles. The molecular formula is C14H14BrNO2. The molecular weight excluding hydrogens is 294 g/mol. The second kappa shape index (κ2) is 6.31. The summed E-state index contributed by atoms with van der Waals surface area (Å²) in [6.07, 6.45) is 0. The highest BCUT2D eigenvalue weighted by Crippen LogP contribution is 2.26. The summed E-state index contributed by atoms with van der Waals surface area (Å²) >= 11 is 3.41. The molecule has 0 unspecified atom stereocenters. The third-order valence-electron chi connectivity index (χ3n) is 2.31. The molecule has 0 heterocycles. The lowest BCUT2D eigenvalue weighted by atomic mass is 10.3. The number of hydrogen-bond acceptors (Lipinski definition) is 3. The second-order valence-corrected chi connectivity index (χ2v) is 4.55. The maximum Gasteiger partial charge on any atom is 0.135 e. The fourth-order valence-corrected chi connectivity index (χ4v) is 1.82. The highest BCUT2D eigenvalue weighted by Gasteiger charge is 2.01. The molecule has 0 saturated carbocycles. The molecule has 3 nitrogen and oxygen atoms in total. The molecule has 2 aromatic rings. The molecule has 0 spiro atoms. The summed E-state index contributed by atoms with van der Waals surface area (Å²) in [7, 11) is 0. The highest BCUT2D eigenvalue weighted by atomic mass is 79.9. The van der Waals surface area contributed by atoms with Crippen LogP contribution in [0.2, 0.25) is 0 Å². The van der Waals surface area contributed by atoms with Crippen molar-refractivity contribution in [3.05, 3.63) is 53.0 Å². The van der Waals surface area contributed by atoms with Gasteiger partial charge >= 0.3 is 0 Å². The molecule has 0 fully saturated rings. The van der Waals surface area contributed by atoms with Gasteiger partial charge in [0.05, 0.1) is 4.47 Å². The van der Waals surface area contributed by atoms with Gasteiger partial charge in [0.2, 0.25) is 0 Å². The van der Waals surface area contributed by atoms with Crippen molar-refractivity contribution in [1.82, 2.24) is 0 Å². The van der Waals surface area contributed by atoms with Gasteiger partial charge in [-0.25, -0.2) is 0 Å². The van der Waals surface area contributed by atoms with Crippen molar-refractivity contribution in [2.75, 3.05) is 18.9 Å². The van der Waals surface area contributed by atoms with Gasteiger partial charge in [0.15, 0.2) is 0 Å². The van der Waals surface area contributed by atoms with Crippen LogP contribution in [0.1, 0.15) is 0 Å². The first kappa shape index (κ1) is 12.8. The Labute approximate surface area is 115 Å². The lowest BCUT2D eigenvalue weighted by Gasteiger charge is -2.10. The number of benzene rings is 2. The Bertz CT molecular complexity index is 502. The molecule has 0 radical (unpaired) electrons. The number of rotatable bonds is 5. The van der Waals surface area contributed by atoms with Crippen LogP contribution in [0.3, 0.4) is 0 Å². The molecule has 2 N–H and O–H groups in total. The van der Waals surface area contributed by atoms with E-state index in [4.69, 9.17) is 15.2 Å². The Morgan fingerprint density at radius 1 is 0.944 bits per heavy atom. The lowest BCUT2D eigenvalue weighted by Crippen LogP contribution is -2.09. The number of ether oxygens (including phenoxy) is 2. The molecule has 0 bridgehead atoms. The van der Waals surface area contributed by atoms with Crippen LogP contribution in [0.25, 0.3) is 0 Å². The van der Waals surface area contributed by atoms with Crippen molar-refractivity contribution < 1.29 is 9.47 Å². The third kappa shape index (κ3) is 3.67. The number of hydrogen-bond donors (Lipinski definition) is 1. The van der Waals surface area contributed by atoms with Crippen molar-refractivity contribution in [1.29, 1.82) is 0 Å². The highest BCUT2D eigenvalue weighted by molar-refractivity contribution is 9.10. The van der Waals surface area contributed by atoms with E-state index in [9.17, 15) is 0 Å². The number of anilines is 1. The smallest absolute Gasteiger partial charge is 0.135 e. The molecule has 2 rings (SSSR count). The summed E-state index contributed by atoms with van der Waals surface area (Å²) in [5.41, 5.74) is 6.37. The maximum absolute atomic E-state index is 5.69. The molecule has 0 aliphatic heterocycles. The van der Waals surface area contributed by atoms with E-state index < -0.39 is 0 Å². The van der Waals surface area contributed by atoms with E-state index in [0.717, 1.165) is 16.0 Å². The summed E-state index contributed by atoms with van der Waals surface area (Å²) < 4.78 is 12.0. The Hall–Kier alpha value is -1.68. The predicted octanol–water partition coefficient (Wildman–Crippen LogP) is 3.49. The summed E-state index contributed by atoms with van der Waals surface area (Å²) in [6.45, 7) is 0.961. The van der Waals surface area contributed by atoms with Gasteiger partial charge in [-0.15, -0.1) is 0 Å². The van der Waals surface area contributed by atoms with Gasteiger partial charge in [-0.2, -0.15) is 0 Å². The largest absolute Gasteiger partial charge is 0.490 e. The minimum atomic E-state index is 0.469. The van der Waals surface area contributed by atoms with E-state index in [1.165, 1.54) is 0 Å². The molecule has 0 aromatic heterocycles. The van der Waals surface area contributed by atoms with Crippen molar-refractivity contribution in [2.24, 2.45) is 0 Å². The quantitative estimate of drug-likeness (QED) is 0.679. The van der Waals surface area contributed by atoms with Gasteiger partial charge in [0, 0.05) is 11.8 Å². The molecule has 94 valence electrons. The minimum Gasteiger partial charge on any atom is -0.490 e. The summed E-state index contributed by atoms with van der Waals surface area (Å²) in [4.78, 5) is 0. The average Bonchev–Trinajstić information content (AvgIpc) is 2.40. The Morgan fingerprint density at radius 3 is 2.44 bits per heavy atom. The van der Waals surface area contributed by atoms with Gasteiger partial charge < -0.3 is 15.2 Å². The minimum absolute atomic E-state index is 0.469. The summed E-state index contributed by atoms with van der Waals surface area (Å²) in [5.74, 6) is 1.57. The van der Waals surface area contributed by atoms with Gasteiger partial charge in [-0.05, 0) is 40.2 Å². The fraction of sp³-hybridized carbons (Fsp3) is 0.143. The Kier molecular flexibility index (Phi) is 4.47. The standard InChI is InChI=1S/C14H14BrNO2/c15-13-7-6-11(16)10-14(13)18-9-8-17-12-4-2-1-3-5-12/h1-7,10H,8-9,16H2. The normalized spacial score (nSPS) is 10.1. The van der Waals surface area contributed by atoms with E-state index in [1.807, 2.05) is 42.5 Å². The number of nitrogen functional groups attached to an aromatic ring is 1.